The lowest BCUT2D eigenvalue weighted by Gasteiger charge is -2.26. The van der Waals surface area contributed by atoms with Gasteiger partial charge in [0.25, 0.3) is 0 Å². The summed E-state index contributed by atoms with van der Waals surface area (Å²) in [6.07, 6.45) is 10.6. The third-order valence-electron chi connectivity index (χ3n) is 3.42. The molecule has 1 N–H and O–H groups in total. The smallest absolute Gasteiger partial charge is 0.324 e. The van der Waals surface area contributed by atoms with E-state index >= 15 is 0 Å². The van der Waals surface area contributed by atoms with Gasteiger partial charge in [-0.25, -0.2) is 4.79 Å². The fraction of sp³-hybridized carbons (Fsp3) is 0.857. The van der Waals surface area contributed by atoms with Crippen LogP contribution in [0, 0.1) is 0 Å². The summed E-state index contributed by atoms with van der Waals surface area (Å²) in [5.41, 5.74) is 0. The van der Waals surface area contributed by atoms with Gasteiger partial charge < -0.3 is 4.90 Å². The van der Waals surface area contributed by atoms with Crippen molar-refractivity contribution < 1.29 is 9.59 Å². The highest BCUT2D eigenvalue weighted by Crippen LogP contribution is 2.09. The van der Waals surface area contributed by atoms with Gasteiger partial charge in [-0.1, -0.05) is 51.9 Å². The van der Waals surface area contributed by atoms with Gasteiger partial charge in [0, 0.05) is 19.5 Å². The molecule has 0 atom stereocenters. The molecule has 0 spiro atoms. The molecular formula is C14H26N2O2. The van der Waals surface area contributed by atoms with Crippen molar-refractivity contribution in [1.29, 1.82) is 0 Å². The molecule has 1 rings (SSSR count). The highest BCUT2D eigenvalue weighted by atomic mass is 16.2. The number of carbonyl (C=O) groups excluding carboxylic acids is 2. The summed E-state index contributed by atoms with van der Waals surface area (Å²) in [5.74, 6) is -0.146. The van der Waals surface area contributed by atoms with Gasteiger partial charge in [0.2, 0.25) is 5.91 Å². The number of rotatable bonds is 9. The molecule has 0 aromatic carbocycles. The Morgan fingerprint density at radius 1 is 1.00 bits per heavy atom. The summed E-state index contributed by atoms with van der Waals surface area (Å²) >= 11 is 0. The Bertz CT molecular complexity index is 267. The second-order valence-electron chi connectivity index (χ2n) is 5.07. The van der Waals surface area contributed by atoms with Crippen LogP contribution in [0.25, 0.3) is 0 Å². The highest BCUT2D eigenvalue weighted by Gasteiger charge is 2.21. The van der Waals surface area contributed by atoms with Gasteiger partial charge >= 0.3 is 6.03 Å². The summed E-state index contributed by atoms with van der Waals surface area (Å²) < 4.78 is 0. The number of urea groups is 1. The zero-order chi connectivity index (χ0) is 13.2. The van der Waals surface area contributed by atoms with E-state index in [1.165, 1.54) is 44.9 Å². The Kier molecular flexibility index (Phi) is 7.46. The molecule has 4 nitrogen and oxygen atoms in total. The molecule has 0 saturated carbocycles. The van der Waals surface area contributed by atoms with E-state index in [9.17, 15) is 9.59 Å². The minimum atomic E-state index is -0.214. The molecule has 0 radical (unpaired) electrons. The Hall–Kier alpha value is -1.06. The molecule has 3 amide bonds. The van der Waals surface area contributed by atoms with Crippen molar-refractivity contribution in [3.8, 4) is 0 Å². The van der Waals surface area contributed by atoms with E-state index in [1.807, 2.05) is 0 Å². The van der Waals surface area contributed by atoms with Gasteiger partial charge in [-0.15, -0.1) is 0 Å². The van der Waals surface area contributed by atoms with Crippen molar-refractivity contribution in [3.63, 3.8) is 0 Å². The zero-order valence-corrected chi connectivity index (χ0v) is 11.5. The number of amides is 3. The van der Waals surface area contributed by atoms with Crippen LogP contribution in [0.2, 0.25) is 0 Å². The Balaban J connectivity index is 1.94. The van der Waals surface area contributed by atoms with Gasteiger partial charge in [0.15, 0.2) is 0 Å². The quantitative estimate of drug-likeness (QED) is 0.643. The van der Waals surface area contributed by atoms with Crippen LogP contribution in [0.4, 0.5) is 4.79 Å². The predicted octanol–water partition coefficient (Wildman–Crippen LogP) is 3.07. The molecule has 104 valence electrons. The Labute approximate surface area is 110 Å². The first-order valence-corrected chi connectivity index (χ1v) is 7.32. The average Bonchev–Trinajstić information content (AvgIpc) is 2.35. The van der Waals surface area contributed by atoms with Gasteiger partial charge in [-0.3, -0.25) is 10.1 Å². The molecule has 18 heavy (non-hydrogen) atoms. The number of imide groups is 1. The molecule has 1 aliphatic heterocycles. The molecule has 0 aromatic heterocycles. The number of hydrogen-bond donors (Lipinski definition) is 1. The summed E-state index contributed by atoms with van der Waals surface area (Å²) in [4.78, 5) is 24.1. The highest BCUT2D eigenvalue weighted by molar-refractivity contribution is 5.96. The van der Waals surface area contributed by atoms with Crippen LogP contribution in [-0.2, 0) is 4.79 Å². The van der Waals surface area contributed by atoms with Crippen molar-refractivity contribution in [2.24, 2.45) is 0 Å². The number of hydrogen-bond acceptors (Lipinski definition) is 2. The maximum Gasteiger partial charge on any atom is 0.324 e. The molecule has 1 fully saturated rings. The first kappa shape index (κ1) is 15.0. The fourth-order valence-corrected chi connectivity index (χ4v) is 2.25. The number of unbranched alkanes of at least 4 members (excludes halogenated alkanes) is 7. The number of carbonyl (C=O) groups is 2. The predicted molar refractivity (Wildman–Crippen MR) is 72.3 cm³/mol. The summed E-state index contributed by atoms with van der Waals surface area (Å²) in [6, 6.07) is -0.214. The van der Waals surface area contributed by atoms with Crippen molar-refractivity contribution >= 4 is 11.9 Å². The van der Waals surface area contributed by atoms with Crippen molar-refractivity contribution in [2.45, 2.75) is 64.7 Å². The van der Waals surface area contributed by atoms with E-state index in [4.69, 9.17) is 0 Å². The Morgan fingerprint density at radius 2 is 1.61 bits per heavy atom. The van der Waals surface area contributed by atoms with E-state index in [-0.39, 0.29) is 11.9 Å². The maximum absolute atomic E-state index is 11.4. The SMILES string of the molecule is CCCCCCCCCCN1CCC(=O)NC1=O. The van der Waals surface area contributed by atoms with Crippen LogP contribution in [0.3, 0.4) is 0 Å². The second-order valence-corrected chi connectivity index (χ2v) is 5.07. The van der Waals surface area contributed by atoms with Crippen LogP contribution in [0.5, 0.6) is 0 Å². The van der Waals surface area contributed by atoms with Crippen molar-refractivity contribution in [1.82, 2.24) is 10.2 Å². The lowest BCUT2D eigenvalue weighted by Crippen LogP contribution is -2.49. The van der Waals surface area contributed by atoms with Crippen LogP contribution in [0.1, 0.15) is 64.7 Å². The van der Waals surface area contributed by atoms with Crippen molar-refractivity contribution in [3.05, 3.63) is 0 Å². The lowest BCUT2D eigenvalue weighted by molar-refractivity contribution is -0.121. The molecule has 4 heteroatoms. The summed E-state index contributed by atoms with van der Waals surface area (Å²) in [5, 5.41) is 2.35. The molecular weight excluding hydrogens is 228 g/mol. The molecule has 1 aliphatic rings. The maximum atomic E-state index is 11.4. The van der Waals surface area contributed by atoms with Crippen molar-refractivity contribution in [2.75, 3.05) is 13.1 Å². The molecule has 0 aliphatic carbocycles. The third kappa shape index (κ3) is 6.03. The van der Waals surface area contributed by atoms with E-state index in [2.05, 4.69) is 12.2 Å². The van der Waals surface area contributed by atoms with Crippen LogP contribution >= 0.6 is 0 Å². The topological polar surface area (TPSA) is 49.4 Å². The largest absolute Gasteiger partial charge is 0.324 e. The lowest BCUT2D eigenvalue weighted by atomic mass is 10.1. The Morgan fingerprint density at radius 3 is 2.22 bits per heavy atom. The number of nitrogens with one attached hydrogen (secondary N) is 1. The van der Waals surface area contributed by atoms with Crippen LogP contribution in [0.15, 0.2) is 0 Å². The molecule has 1 heterocycles. The fourth-order valence-electron chi connectivity index (χ4n) is 2.25. The van der Waals surface area contributed by atoms with Gasteiger partial charge in [0.05, 0.1) is 0 Å². The summed E-state index contributed by atoms with van der Waals surface area (Å²) in [6.45, 7) is 3.60. The first-order valence-electron chi connectivity index (χ1n) is 7.32. The number of nitrogens with zero attached hydrogens (tertiary/aromatic N) is 1. The van der Waals surface area contributed by atoms with Gasteiger partial charge in [-0.05, 0) is 6.42 Å². The first-order chi connectivity index (χ1) is 8.74. The van der Waals surface area contributed by atoms with E-state index in [0.717, 1.165) is 13.0 Å². The van der Waals surface area contributed by atoms with Gasteiger partial charge in [0.1, 0.15) is 0 Å². The zero-order valence-electron chi connectivity index (χ0n) is 11.5. The minimum absolute atomic E-state index is 0.146. The normalized spacial score (nSPS) is 15.9. The van der Waals surface area contributed by atoms with Crippen LogP contribution in [-0.4, -0.2) is 29.9 Å². The molecule has 0 unspecified atom stereocenters. The second kappa shape index (κ2) is 8.95. The minimum Gasteiger partial charge on any atom is -0.324 e. The molecule has 0 bridgehead atoms. The van der Waals surface area contributed by atoms with Crippen LogP contribution < -0.4 is 5.32 Å². The van der Waals surface area contributed by atoms with E-state index < -0.39 is 0 Å². The summed E-state index contributed by atoms with van der Waals surface area (Å²) in [7, 11) is 0. The molecule has 0 aromatic rings. The van der Waals surface area contributed by atoms with E-state index in [0.29, 0.717) is 13.0 Å². The van der Waals surface area contributed by atoms with E-state index in [1.54, 1.807) is 4.90 Å². The standard InChI is InChI=1S/C14H26N2O2/c1-2-3-4-5-6-7-8-9-11-16-12-10-13(17)15-14(16)18/h2-12H2,1H3,(H,15,17,18). The van der Waals surface area contributed by atoms with Gasteiger partial charge in [-0.2, -0.15) is 0 Å². The third-order valence-corrected chi connectivity index (χ3v) is 3.42. The average molecular weight is 254 g/mol. The molecule has 1 saturated heterocycles. The monoisotopic (exact) mass is 254 g/mol.